The van der Waals surface area contributed by atoms with E-state index in [9.17, 15) is 4.80 Å². The predicted octanol–water partition coefficient (Wildman–Crippen LogP) is 4.99. The van der Waals surface area contributed by atoms with Gasteiger partial charge in [0.25, 0.3) is 0 Å². The van der Waals surface area contributed by atoms with Crippen LogP contribution in [0.3, 0.4) is 0 Å². The molecular formula is C18H30NO3PSi. The van der Waals surface area contributed by atoms with Gasteiger partial charge in [0, 0.05) is 6.66 Å². The summed E-state index contributed by atoms with van der Waals surface area (Å²) in [5.74, 6) is 0. The van der Waals surface area contributed by atoms with Crippen LogP contribution in [0.2, 0.25) is 18.1 Å². The van der Waals surface area contributed by atoms with Crippen molar-refractivity contribution in [2.75, 3.05) is 13.3 Å². The summed E-state index contributed by atoms with van der Waals surface area (Å²) in [6.45, 7) is 11.2. The second-order valence-electron chi connectivity index (χ2n) is 7.21. The van der Waals surface area contributed by atoms with Crippen LogP contribution in [-0.4, -0.2) is 26.4 Å². The second kappa shape index (κ2) is 9.65. The first-order valence-corrected chi connectivity index (χ1v) is 12.9. The summed E-state index contributed by atoms with van der Waals surface area (Å²) < 4.78 is 11.1. The van der Waals surface area contributed by atoms with E-state index in [1.54, 1.807) is 0 Å². The first kappa shape index (κ1) is 21.3. The minimum atomic E-state index is -2.14. The molecule has 1 aromatic carbocycles. The molecule has 0 amide bonds. The maximum atomic E-state index is 10.4. The number of nitriles is 1. The lowest BCUT2D eigenvalue weighted by Crippen LogP contribution is -2.39. The molecule has 134 valence electrons. The molecule has 0 saturated carbocycles. The Morgan fingerprint density at radius 3 is 2.29 bits per heavy atom. The lowest BCUT2D eigenvalue weighted by Gasteiger charge is -2.35. The van der Waals surface area contributed by atoms with E-state index in [1.807, 2.05) is 19.8 Å². The van der Waals surface area contributed by atoms with Gasteiger partial charge in [-0.1, -0.05) is 38.1 Å². The van der Waals surface area contributed by atoms with Crippen molar-refractivity contribution in [3.63, 3.8) is 0 Å². The molecule has 1 N–H and O–H groups in total. The van der Waals surface area contributed by atoms with Gasteiger partial charge in [-0.05, 0) is 42.1 Å². The quantitative estimate of drug-likeness (QED) is 0.360. The predicted molar refractivity (Wildman–Crippen MR) is 102 cm³/mol. The van der Waals surface area contributed by atoms with Gasteiger partial charge in [-0.25, -0.2) is 0 Å². The third kappa shape index (κ3) is 7.42. The average molecular weight is 368 g/mol. The fraction of sp³-hybridized carbons (Fsp3) is 0.611. The highest BCUT2D eigenvalue weighted by atomic mass is 31.2. The highest BCUT2D eigenvalue weighted by molar-refractivity contribution is 7.46. The summed E-state index contributed by atoms with van der Waals surface area (Å²) in [7, 11) is -3.07. The van der Waals surface area contributed by atoms with E-state index in [2.05, 4.69) is 44.2 Å². The molecule has 0 heterocycles. The van der Waals surface area contributed by atoms with Crippen LogP contribution in [0.1, 0.15) is 37.8 Å². The van der Waals surface area contributed by atoms with Crippen LogP contribution in [0, 0.1) is 11.3 Å². The third-order valence-corrected chi connectivity index (χ3v) is 9.22. The number of hydrogen-bond acceptors (Lipinski definition) is 4. The van der Waals surface area contributed by atoms with E-state index < -0.39 is 16.7 Å². The summed E-state index contributed by atoms with van der Waals surface area (Å²) in [5.41, 5.74) is 2.40. The molecule has 24 heavy (non-hydrogen) atoms. The van der Waals surface area contributed by atoms with Crippen LogP contribution >= 0.6 is 8.38 Å². The fourth-order valence-corrected chi connectivity index (χ4v) is 3.48. The number of aryl methyl sites for hydroxylation is 1. The summed E-state index contributed by atoms with van der Waals surface area (Å²) in [6.07, 6.45) is 2.36. The van der Waals surface area contributed by atoms with Gasteiger partial charge in [0.05, 0.1) is 25.7 Å². The summed E-state index contributed by atoms with van der Waals surface area (Å²) in [5, 5.41) is 8.48. The van der Waals surface area contributed by atoms with Gasteiger partial charge in [0.15, 0.2) is 16.7 Å². The molecule has 6 heteroatoms. The van der Waals surface area contributed by atoms with E-state index >= 15 is 0 Å². The van der Waals surface area contributed by atoms with Crippen LogP contribution in [0.4, 0.5) is 0 Å². The zero-order valence-corrected chi connectivity index (χ0v) is 17.4. The van der Waals surface area contributed by atoms with Crippen molar-refractivity contribution in [2.45, 2.75) is 57.8 Å². The monoisotopic (exact) mass is 367 g/mol. The molecule has 1 rings (SSSR count). The SMILES string of the molecule is CP(OCCC#N)OCc1ccc(CCC(C)(C)[Si](C)(C)O)cc1. The molecule has 0 radical (unpaired) electrons. The molecule has 0 spiro atoms. The maximum Gasteiger partial charge on any atom is 0.188 e. The van der Waals surface area contributed by atoms with Crippen molar-refractivity contribution < 1.29 is 13.8 Å². The molecule has 4 nitrogen and oxygen atoms in total. The Balaban J connectivity index is 2.42. The van der Waals surface area contributed by atoms with Gasteiger partial charge < -0.3 is 13.8 Å². The van der Waals surface area contributed by atoms with E-state index in [1.165, 1.54) is 5.56 Å². The van der Waals surface area contributed by atoms with Gasteiger partial charge in [-0.2, -0.15) is 5.26 Å². The van der Waals surface area contributed by atoms with Crippen LogP contribution in [-0.2, 0) is 22.1 Å². The van der Waals surface area contributed by atoms with Crippen LogP contribution in [0.5, 0.6) is 0 Å². The largest absolute Gasteiger partial charge is 0.432 e. The van der Waals surface area contributed by atoms with Gasteiger partial charge in [0.2, 0.25) is 0 Å². The van der Waals surface area contributed by atoms with Gasteiger partial charge in [0.1, 0.15) is 0 Å². The molecule has 0 saturated heterocycles. The number of rotatable bonds is 10. The fourth-order valence-electron chi connectivity index (χ4n) is 1.99. The van der Waals surface area contributed by atoms with E-state index in [0.29, 0.717) is 19.6 Å². The molecule has 0 bridgehead atoms. The summed E-state index contributed by atoms with van der Waals surface area (Å²) in [4.78, 5) is 10.4. The van der Waals surface area contributed by atoms with Crippen LogP contribution in [0.15, 0.2) is 24.3 Å². The summed E-state index contributed by atoms with van der Waals surface area (Å²) in [6, 6.07) is 10.5. The Morgan fingerprint density at radius 1 is 1.17 bits per heavy atom. The molecule has 1 aromatic rings. The Hall–Kier alpha value is -0.763. The van der Waals surface area contributed by atoms with Crippen LogP contribution in [0.25, 0.3) is 0 Å². The smallest absolute Gasteiger partial charge is 0.188 e. The molecular weight excluding hydrogens is 337 g/mol. The van der Waals surface area contributed by atoms with Crippen molar-refractivity contribution in [3.05, 3.63) is 35.4 Å². The molecule has 0 fully saturated rings. The van der Waals surface area contributed by atoms with Crippen LogP contribution < -0.4 is 0 Å². The molecule has 0 aliphatic heterocycles. The average Bonchev–Trinajstić information content (AvgIpc) is 2.51. The van der Waals surface area contributed by atoms with Crippen molar-refractivity contribution in [3.8, 4) is 6.07 Å². The topological polar surface area (TPSA) is 62.5 Å². The second-order valence-corrected chi connectivity index (χ2v) is 13.1. The van der Waals surface area contributed by atoms with Gasteiger partial charge in [-0.3, -0.25) is 0 Å². The lowest BCUT2D eigenvalue weighted by atomic mass is 10.0. The Bertz CT molecular complexity index is 535. The van der Waals surface area contributed by atoms with E-state index in [-0.39, 0.29) is 5.04 Å². The number of hydrogen-bond donors (Lipinski definition) is 1. The van der Waals surface area contributed by atoms with Crippen molar-refractivity contribution >= 4 is 16.7 Å². The Labute approximate surface area is 148 Å². The third-order valence-electron chi connectivity index (χ3n) is 4.62. The van der Waals surface area contributed by atoms with E-state index in [0.717, 1.165) is 18.4 Å². The molecule has 0 aliphatic carbocycles. The molecule has 1 atom stereocenters. The maximum absolute atomic E-state index is 10.4. The van der Waals surface area contributed by atoms with Crippen molar-refractivity contribution in [2.24, 2.45) is 0 Å². The minimum Gasteiger partial charge on any atom is -0.432 e. The highest BCUT2D eigenvalue weighted by Crippen LogP contribution is 2.39. The summed E-state index contributed by atoms with van der Waals surface area (Å²) >= 11 is 0. The standard InChI is InChI=1S/C18H30NO3PSi/c1-18(2,24(4,5)20)12-11-16-7-9-17(10-8-16)15-22-23(3)21-14-6-13-19/h7-10,20H,6,11-12,14-15H2,1-5H3. The number of benzene rings is 1. The normalized spacial score (nSPS) is 13.5. The lowest BCUT2D eigenvalue weighted by molar-refractivity contribution is 0.250. The first-order chi connectivity index (χ1) is 11.2. The zero-order valence-electron chi connectivity index (χ0n) is 15.5. The minimum absolute atomic E-state index is 0.00753. The zero-order chi connectivity index (χ0) is 18.2. The number of nitrogens with zero attached hydrogens (tertiary/aromatic N) is 1. The molecule has 0 aromatic heterocycles. The van der Waals surface area contributed by atoms with Crippen molar-refractivity contribution in [1.29, 1.82) is 5.26 Å². The Kier molecular flexibility index (Phi) is 8.56. The van der Waals surface area contributed by atoms with E-state index in [4.69, 9.17) is 14.3 Å². The highest BCUT2D eigenvalue weighted by Gasteiger charge is 2.37. The van der Waals surface area contributed by atoms with Crippen molar-refractivity contribution in [1.82, 2.24) is 0 Å². The van der Waals surface area contributed by atoms with Gasteiger partial charge in [-0.15, -0.1) is 0 Å². The molecule has 1 unspecified atom stereocenters. The van der Waals surface area contributed by atoms with Gasteiger partial charge >= 0.3 is 0 Å². The first-order valence-electron chi connectivity index (χ1n) is 8.32. The Morgan fingerprint density at radius 2 is 1.75 bits per heavy atom. The molecule has 0 aliphatic rings.